The molecule has 0 aromatic carbocycles. The lowest BCUT2D eigenvalue weighted by Gasteiger charge is -2.27. The molecular formula is C12H17NO3. The van der Waals surface area contributed by atoms with Crippen LogP contribution in [0.4, 0.5) is 0 Å². The highest BCUT2D eigenvalue weighted by Gasteiger charge is 2.39. The van der Waals surface area contributed by atoms with Gasteiger partial charge in [-0.2, -0.15) is 0 Å². The summed E-state index contributed by atoms with van der Waals surface area (Å²) in [5, 5.41) is 9.27. The van der Waals surface area contributed by atoms with Crippen LogP contribution in [0.2, 0.25) is 0 Å². The maximum Gasteiger partial charge on any atom is 0.342 e. The zero-order valence-electron chi connectivity index (χ0n) is 9.80. The first kappa shape index (κ1) is 12.6. The molecule has 2 unspecified atom stereocenters. The fourth-order valence-corrected chi connectivity index (χ4v) is 1.35. The van der Waals surface area contributed by atoms with E-state index in [9.17, 15) is 9.90 Å². The number of aromatic nitrogens is 1. The van der Waals surface area contributed by atoms with Crippen molar-refractivity contribution in [3.63, 3.8) is 0 Å². The van der Waals surface area contributed by atoms with E-state index in [-0.39, 0.29) is 6.10 Å². The molecule has 1 heterocycles. The Kier molecular flexibility index (Phi) is 4.01. The van der Waals surface area contributed by atoms with Crippen LogP contribution in [-0.4, -0.2) is 22.2 Å². The molecule has 0 radical (unpaired) electrons. The van der Waals surface area contributed by atoms with E-state index in [1.807, 2.05) is 13.8 Å². The Balaban J connectivity index is 3.02. The Morgan fingerprint density at radius 2 is 2.31 bits per heavy atom. The first-order valence-electron chi connectivity index (χ1n) is 5.33. The molecule has 0 bridgehead atoms. The highest BCUT2D eigenvalue weighted by atomic mass is 16.5. The van der Waals surface area contributed by atoms with Gasteiger partial charge in [0.25, 0.3) is 0 Å². The molecule has 0 amide bonds. The van der Waals surface area contributed by atoms with Crippen molar-refractivity contribution in [3.05, 3.63) is 30.1 Å². The maximum absolute atomic E-state index is 11.3. The number of carboxylic acids is 1. The molecule has 0 saturated carbocycles. The molecule has 1 rings (SSSR count). The highest BCUT2D eigenvalue weighted by Crippen LogP contribution is 2.26. The van der Waals surface area contributed by atoms with E-state index < -0.39 is 11.6 Å². The molecule has 1 aromatic heterocycles. The molecule has 1 aromatic rings. The number of rotatable bonds is 5. The smallest absolute Gasteiger partial charge is 0.342 e. The second-order valence-electron chi connectivity index (χ2n) is 3.89. The summed E-state index contributed by atoms with van der Waals surface area (Å²) >= 11 is 0. The third kappa shape index (κ3) is 2.58. The Morgan fingerprint density at radius 3 is 2.75 bits per heavy atom. The van der Waals surface area contributed by atoms with Crippen LogP contribution in [0.3, 0.4) is 0 Å². The zero-order valence-corrected chi connectivity index (χ0v) is 9.80. The fourth-order valence-electron chi connectivity index (χ4n) is 1.35. The SMILES string of the molecule is CCC(C)OC(C)(C(=O)O)c1ccccn1. The van der Waals surface area contributed by atoms with Crippen molar-refractivity contribution >= 4 is 5.97 Å². The Bertz CT molecular complexity index is 353. The standard InChI is InChI=1S/C12H17NO3/c1-4-9(2)16-12(3,11(14)15)10-7-5-6-8-13-10/h5-9H,4H2,1-3H3,(H,14,15). The van der Waals surface area contributed by atoms with Gasteiger partial charge in [-0.15, -0.1) is 0 Å². The summed E-state index contributed by atoms with van der Waals surface area (Å²) in [4.78, 5) is 15.4. The van der Waals surface area contributed by atoms with Gasteiger partial charge in [0.2, 0.25) is 5.60 Å². The monoisotopic (exact) mass is 223 g/mol. The topological polar surface area (TPSA) is 59.4 Å². The van der Waals surface area contributed by atoms with Crippen molar-refractivity contribution in [3.8, 4) is 0 Å². The number of ether oxygens (including phenoxy) is 1. The van der Waals surface area contributed by atoms with E-state index in [1.54, 1.807) is 24.4 Å². The number of hydrogen-bond acceptors (Lipinski definition) is 3. The lowest BCUT2D eigenvalue weighted by atomic mass is 10.0. The summed E-state index contributed by atoms with van der Waals surface area (Å²) in [5.74, 6) is -1.02. The van der Waals surface area contributed by atoms with Gasteiger partial charge in [0, 0.05) is 6.20 Å². The molecule has 0 aliphatic carbocycles. The van der Waals surface area contributed by atoms with E-state index in [0.29, 0.717) is 5.69 Å². The molecule has 1 N–H and O–H groups in total. The predicted molar refractivity (Wildman–Crippen MR) is 60.1 cm³/mol. The van der Waals surface area contributed by atoms with Crippen molar-refractivity contribution in [1.29, 1.82) is 0 Å². The first-order valence-corrected chi connectivity index (χ1v) is 5.33. The van der Waals surface area contributed by atoms with E-state index in [1.165, 1.54) is 6.92 Å². The number of aliphatic carboxylic acids is 1. The Hall–Kier alpha value is -1.42. The van der Waals surface area contributed by atoms with Gasteiger partial charge >= 0.3 is 5.97 Å². The fraction of sp³-hybridized carbons (Fsp3) is 0.500. The van der Waals surface area contributed by atoms with Crippen LogP contribution in [0.25, 0.3) is 0 Å². The zero-order chi connectivity index (χ0) is 12.2. The van der Waals surface area contributed by atoms with Gasteiger partial charge in [-0.3, -0.25) is 4.98 Å². The van der Waals surface area contributed by atoms with E-state index >= 15 is 0 Å². The number of carboxylic acid groups (broad SMARTS) is 1. The maximum atomic E-state index is 11.3. The molecule has 88 valence electrons. The summed E-state index contributed by atoms with van der Waals surface area (Å²) in [6.07, 6.45) is 2.20. The summed E-state index contributed by atoms with van der Waals surface area (Å²) in [6.45, 7) is 5.33. The molecule has 0 fully saturated rings. The molecule has 16 heavy (non-hydrogen) atoms. The molecule has 0 aliphatic heterocycles. The largest absolute Gasteiger partial charge is 0.479 e. The summed E-state index contributed by atoms with van der Waals surface area (Å²) in [6, 6.07) is 5.16. The number of carbonyl (C=O) groups is 1. The van der Waals surface area contributed by atoms with Crippen LogP contribution in [0.1, 0.15) is 32.9 Å². The average molecular weight is 223 g/mol. The molecule has 0 aliphatic rings. The average Bonchev–Trinajstić information content (AvgIpc) is 2.29. The van der Waals surface area contributed by atoms with Crippen LogP contribution in [0.5, 0.6) is 0 Å². The quantitative estimate of drug-likeness (QED) is 0.831. The minimum absolute atomic E-state index is 0.122. The summed E-state index contributed by atoms with van der Waals surface area (Å²) in [5.41, 5.74) is -0.959. The lowest BCUT2D eigenvalue weighted by molar-refractivity contribution is -0.172. The van der Waals surface area contributed by atoms with Gasteiger partial charge < -0.3 is 9.84 Å². The predicted octanol–water partition coefficient (Wildman–Crippen LogP) is 2.20. The van der Waals surface area contributed by atoms with Crippen LogP contribution in [0.15, 0.2) is 24.4 Å². The van der Waals surface area contributed by atoms with E-state index in [2.05, 4.69) is 4.98 Å². The Morgan fingerprint density at radius 1 is 1.62 bits per heavy atom. The third-order valence-electron chi connectivity index (χ3n) is 2.57. The third-order valence-corrected chi connectivity index (χ3v) is 2.57. The van der Waals surface area contributed by atoms with E-state index in [4.69, 9.17) is 4.74 Å². The van der Waals surface area contributed by atoms with Gasteiger partial charge in [0.15, 0.2) is 0 Å². The first-order chi connectivity index (χ1) is 7.50. The molecule has 4 nitrogen and oxygen atoms in total. The molecule has 4 heteroatoms. The van der Waals surface area contributed by atoms with Gasteiger partial charge in [0.05, 0.1) is 11.8 Å². The lowest BCUT2D eigenvalue weighted by Crippen LogP contribution is -2.39. The highest BCUT2D eigenvalue weighted by molar-refractivity contribution is 5.78. The number of pyridine rings is 1. The van der Waals surface area contributed by atoms with Crippen LogP contribution < -0.4 is 0 Å². The normalized spacial score (nSPS) is 16.4. The summed E-state index contributed by atoms with van der Waals surface area (Å²) in [7, 11) is 0. The molecular weight excluding hydrogens is 206 g/mol. The minimum atomic E-state index is -1.38. The van der Waals surface area contributed by atoms with Gasteiger partial charge in [0.1, 0.15) is 0 Å². The molecule has 0 spiro atoms. The van der Waals surface area contributed by atoms with Crippen molar-refractivity contribution in [2.24, 2.45) is 0 Å². The van der Waals surface area contributed by atoms with Crippen LogP contribution >= 0.6 is 0 Å². The second kappa shape index (κ2) is 5.07. The number of hydrogen-bond donors (Lipinski definition) is 1. The van der Waals surface area contributed by atoms with Crippen LogP contribution in [-0.2, 0) is 15.1 Å². The van der Waals surface area contributed by atoms with Gasteiger partial charge in [-0.05, 0) is 32.4 Å². The minimum Gasteiger partial charge on any atom is -0.479 e. The summed E-state index contributed by atoms with van der Waals surface area (Å²) < 4.78 is 5.57. The van der Waals surface area contributed by atoms with Crippen molar-refractivity contribution in [2.75, 3.05) is 0 Å². The van der Waals surface area contributed by atoms with Crippen molar-refractivity contribution < 1.29 is 14.6 Å². The number of nitrogens with zero attached hydrogens (tertiary/aromatic N) is 1. The van der Waals surface area contributed by atoms with Crippen LogP contribution in [0, 0.1) is 0 Å². The molecule has 0 saturated heterocycles. The Labute approximate surface area is 95.3 Å². The van der Waals surface area contributed by atoms with Crippen molar-refractivity contribution in [2.45, 2.75) is 38.9 Å². The van der Waals surface area contributed by atoms with Gasteiger partial charge in [-0.1, -0.05) is 13.0 Å². The second-order valence-corrected chi connectivity index (χ2v) is 3.89. The van der Waals surface area contributed by atoms with E-state index in [0.717, 1.165) is 6.42 Å². The van der Waals surface area contributed by atoms with Crippen molar-refractivity contribution in [1.82, 2.24) is 4.98 Å². The van der Waals surface area contributed by atoms with Gasteiger partial charge in [-0.25, -0.2) is 4.79 Å². The molecule has 2 atom stereocenters.